The molecule has 2 rings (SSSR count). The van der Waals surface area contributed by atoms with Crippen molar-refractivity contribution in [1.82, 2.24) is 4.90 Å². The third-order valence-electron chi connectivity index (χ3n) is 3.87. The van der Waals surface area contributed by atoms with Crippen LogP contribution in [-0.4, -0.2) is 23.9 Å². The molecule has 1 amide bonds. The second-order valence-electron chi connectivity index (χ2n) is 5.23. The van der Waals surface area contributed by atoms with Crippen LogP contribution in [0.5, 0.6) is 0 Å². The van der Waals surface area contributed by atoms with Gasteiger partial charge in [0.25, 0.3) is 5.91 Å². The predicted octanol–water partition coefficient (Wildman–Crippen LogP) is 3.15. The van der Waals surface area contributed by atoms with Crippen molar-refractivity contribution in [1.29, 1.82) is 0 Å². The average Bonchev–Trinajstić information content (AvgIpc) is 2.35. The van der Waals surface area contributed by atoms with Crippen molar-refractivity contribution in [2.24, 2.45) is 11.8 Å². The minimum atomic E-state index is 0.106. The third-order valence-corrected chi connectivity index (χ3v) is 4.56. The van der Waals surface area contributed by atoms with E-state index in [4.69, 9.17) is 5.73 Å². The number of nitrogen functional groups attached to an aromatic ring is 1. The van der Waals surface area contributed by atoms with Gasteiger partial charge < -0.3 is 10.6 Å². The molecule has 3 nitrogen and oxygen atoms in total. The highest BCUT2D eigenvalue weighted by Crippen LogP contribution is 2.25. The van der Waals surface area contributed by atoms with Crippen molar-refractivity contribution in [2.45, 2.75) is 20.3 Å². The summed E-state index contributed by atoms with van der Waals surface area (Å²) < 4.78 is 0.784. The van der Waals surface area contributed by atoms with E-state index in [2.05, 4.69) is 29.8 Å². The van der Waals surface area contributed by atoms with Gasteiger partial charge in [0.05, 0.1) is 0 Å². The van der Waals surface area contributed by atoms with Crippen LogP contribution in [0.4, 0.5) is 5.69 Å². The Hall–Kier alpha value is -1.03. The van der Waals surface area contributed by atoms with Gasteiger partial charge in [0.1, 0.15) is 0 Å². The molecule has 1 heterocycles. The zero-order valence-electron chi connectivity index (χ0n) is 10.8. The Morgan fingerprint density at radius 3 is 2.72 bits per heavy atom. The Bertz CT molecular complexity index is 461. The molecule has 0 bridgehead atoms. The van der Waals surface area contributed by atoms with Crippen LogP contribution in [0.25, 0.3) is 0 Å². The number of hydrogen-bond acceptors (Lipinski definition) is 2. The summed E-state index contributed by atoms with van der Waals surface area (Å²) >= 11 is 3.36. The molecule has 1 saturated heterocycles. The van der Waals surface area contributed by atoms with Gasteiger partial charge in [-0.1, -0.05) is 13.8 Å². The average molecular weight is 311 g/mol. The molecular formula is C14H19BrN2O. The molecule has 98 valence electrons. The number of likely N-dealkylation sites (tertiary alicyclic amines) is 1. The molecule has 1 aromatic rings. The third kappa shape index (κ3) is 2.69. The molecule has 2 unspecified atom stereocenters. The Kier molecular flexibility index (Phi) is 3.95. The van der Waals surface area contributed by atoms with E-state index >= 15 is 0 Å². The van der Waals surface area contributed by atoms with E-state index in [1.54, 1.807) is 18.2 Å². The summed E-state index contributed by atoms with van der Waals surface area (Å²) in [6.07, 6.45) is 1.09. The maximum absolute atomic E-state index is 12.4. The van der Waals surface area contributed by atoms with Gasteiger partial charge in [0.2, 0.25) is 0 Å². The van der Waals surface area contributed by atoms with Gasteiger partial charge >= 0.3 is 0 Å². The first-order valence-corrected chi connectivity index (χ1v) is 7.12. The molecular weight excluding hydrogens is 292 g/mol. The fourth-order valence-electron chi connectivity index (χ4n) is 2.29. The molecule has 0 spiro atoms. The van der Waals surface area contributed by atoms with E-state index in [-0.39, 0.29) is 5.91 Å². The molecule has 2 N–H and O–H groups in total. The number of amides is 1. The van der Waals surface area contributed by atoms with Crippen molar-refractivity contribution >= 4 is 27.5 Å². The highest BCUT2D eigenvalue weighted by atomic mass is 79.9. The molecule has 0 saturated carbocycles. The Morgan fingerprint density at radius 1 is 1.39 bits per heavy atom. The predicted molar refractivity (Wildman–Crippen MR) is 77.4 cm³/mol. The topological polar surface area (TPSA) is 46.3 Å². The lowest BCUT2D eigenvalue weighted by Crippen LogP contribution is -2.42. The quantitative estimate of drug-likeness (QED) is 0.810. The molecule has 2 atom stereocenters. The van der Waals surface area contributed by atoms with Gasteiger partial charge in [-0.15, -0.1) is 0 Å². The Labute approximate surface area is 116 Å². The highest BCUT2D eigenvalue weighted by molar-refractivity contribution is 9.10. The van der Waals surface area contributed by atoms with Crippen LogP contribution in [0.2, 0.25) is 0 Å². The zero-order chi connectivity index (χ0) is 13.3. The van der Waals surface area contributed by atoms with Crippen LogP contribution in [0.3, 0.4) is 0 Å². The SMILES string of the molecule is CC1CCN(C(=O)c2ccc(N)c(Br)c2)CC1C. The van der Waals surface area contributed by atoms with E-state index < -0.39 is 0 Å². The summed E-state index contributed by atoms with van der Waals surface area (Å²) in [5.74, 6) is 1.38. The smallest absolute Gasteiger partial charge is 0.253 e. The van der Waals surface area contributed by atoms with Crippen LogP contribution >= 0.6 is 15.9 Å². The summed E-state index contributed by atoms with van der Waals surface area (Å²) in [6, 6.07) is 5.37. The van der Waals surface area contributed by atoms with Gasteiger partial charge in [-0.2, -0.15) is 0 Å². The minimum absolute atomic E-state index is 0.106. The van der Waals surface area contributed by atoms with Crippen LogP contribution < -0.4 is 5.73 Å². The number of benzene rings is 1. The number of piperidine rings is 1. The number of hydrogen-bond donors (Lipinski definition) is 1. The van der Waals surface area contributed by atoms with Crippen LogP contribution in [0, 0.1) is 11.8 Å². The first kappa shape index (κ1) is 13.4. The number of rotatable bonds is 1. The summed E-state index contributed by atoms with van der Waals surface area (Å²) in [4.78, 5) is 14.3. The Balaban J connectivity index is 2.14. The van der Waals surface area contributed by atoms with Crippen molar-refractivity contribution in [3.8, 4) is 0 Å². The zero-order valence-corrected chi connectivity index (χ0v) is 12.4. The molecule has 1 aliphatic rings. The summed E-state index contributed by atoms with van der Waals surface area (Å²) in [6.45, 7) is 6.17. The van der Waals surface area contributed by atoms with E-state index in [9.17, 15) is 4.79 Å². The molecule has 1 aliphatic heterocycles. The van der Waals surface area contributed by atoms with Gasteiger partial charge in [-0.3, -0.25) is 4.79 Å². The summed E-state index contributed by atoms with van der Waals surface area (Å²) in [5.41, 5.74) is 7.10. The normalized spacial score (nSPS) is 24.1. The highest BCUT2D eigenvalue weighted by Gasteiger charge is 2.26. The van der Waals surface area contributed by atoms with E-state index in [1.165, 1.54) is 0 Å². The van der Waals surface area contributed by atoms with Crippen molar-refractivity contribution in [3.63, 3.8) is 0 Å². The number of anilines is 1. The first-order valence-electron chi connectivity index (χ1n) is 6.33. The summed E-state index contributed by atoms with van der Waals surface area (Å²) in [7, 11) is 0. The maximum atomic E-state index is 12.4. The molecule has 0 aromatic heterocycles. The van der Waals surface area contributed by atoms with Gasteiger partial charge in [-0.25, -0.2) is 0 Å². The first-order chi connectivity index (χ1) is 8.49. The van der Waals surface area contributed by atoms with Crippen LogP contribution in [-0.2, 0) is 0 Å². The lowest BCUT2D eigenvalue weighted by atomic mass is 9.88. The van der Waals surface area contributed by atoms with Crippen LogP contribution in [0.1, 0.15) is 30.6 Å². The van der Waals surface area contributed by atoms with E-state index in [1.807, 2.05) is 4.90 Å². The number of nitrogens with zero attached hydrogens (tertiary/aromatic N) is 1. The molecule has 1 fully saturated rings. The molecule has 4 heteroatoms. The second-order valence-corrected chi connectivity index (χ2v) is 6.09. The van der Waals surface area contributed by atoms with Crippen molar-refractivity contribution < 1.29 is 4.79 Å². The van der Waals surface area contributed by atoms with Gasteiger partial charge in [0.15, 0.2) is 0 Å². The lowest BCUT2D eigenvalue weighted by molar-refractivity contribution is 0.0627. The van der Waals surface area contributed by atoms with Crippen LogP contribution in [0.15, 0.2) is 22.7 Å². The standard InChI is InChI=1S/C14H19BrN2O/c1-9-5-6-17(8-10(9)2)14(18)11-3-4-13(16)12(15)7-11/h3-4,7,9-10H,5-6,8,16H2,1-2H3. The monoisotopic (exact) mass is 310 g/mol. The minimum Gasteiger partial charge on any atom is -0.398 e. The molecule has 1 aromatic carbocycles. The number of nitrogens with two attached hydrogens (primary N) is 1. The van der Waals surface area contributed by atoms with Crippen molar-refractivity contribution in [3.05, 3.63) is 28.2 Å². The van der Waals surface area contributed by atoms with Gasteiger partial charge in [-0.05, 0) is 52.4 Å². The maximum Gasteiger partial charge on any atom is 0.253 e. The van der Waals surface area contributed by atoms with E-state index in [0.717, 1.165) is 24.0 Å². The fourth-order valence-corrected chi connectivity index (χ4v) is 2.67. The number of halogens is 1. The molecule has 0 aliphatic carbocycles. The summed E-state index contributed by atoms with van der Waals surface area (Å²) in [5, 5.41) is 0. The second kappa shape index (κ2) is 5.31. The lowest BCUT2D eigenvalue weighted by Gasteiger charge is -2.35. The molecule has 18 heavy (non-hydrogen) atoms. The van der Waals surface area contributed by atoms with Gasteiger partial charge in [0, 0.05) is 28.8 Å². The Morgan fingerprint density at radius 2 is 2.11 bits per heavy atom. The molecule has 0 radical (unpaired) electrons. The van der Waals surface area contributed by atoms with E-state index in [0.29, 0.717) is 23.1 Å². The fraction of sp³-hybridized carbons (Fsp3) is 0.500. The van der Waals surface area contributed by atoms with Crippen molar-refractivity contribution in [2.75, 3.05) is 18.8 Å². The largest absolute Gasteiger partial charge is 0.398 e. The number of carbonyl (C=O) groups excluding carboxylic acids is 1. The number of carbonyl (C=O) groups is 1.